The van der Waals surface area contributed by atoms with E-state index in [0.717, 1.165) is 11.3 Å². The molecule has 0 bridgehead atoms. The molecule has 0 atom stereocenters. The molecule has 0 unspecified atom stereocenters. The second kappa shape index (κ2) is 4.83. The van der Waals surface area contributed by atoms with E-state index in [2.05, 4.69) is 5.32 Å². The molecule has 0 fully saturated rings. The van der Waals surface area contributed by atoms with Gasteiger partial charge in [-0.2, -0.15) is 0 Å². The summed E-state index contributed by atoms with van der Waals surface area (Å²) in [6.45, 7) is 1.71. The monoisotopic (exact) mass is 196 g/mol. The molecule has 0 spiro atoms. The van der Waals surface area contributed by atoms with Crippen molar-refractivity contribution in [3.63, 3.8) is 0 Å². The van der Waals surface area contributed by atoms with Gasteiger partial charge in [-0.05, 0) is 24.6 Å². The molecule has 0 aliphatic carbocycles. The summed E-state index contributed by atoms with van der Waals surface area (Å²) in [5, 5.41) is 20.7. The average Bonchev–Trinajstić information content (AvgIpc) is 2.19. The first-order valence-corrected chi connectivity index (χ1v) is 4.51. The van der Waals surface area contributed by atoms with Crippen molar-refractivity contribution in [1.29, 1.82) is 0 Å². The number of benzene rings is 1. The minimum Gasteiger partial charge on any atom is -0.397 e. The van der Waals surface area contributed by atoms with Gasteiger partial charge in [0.15, 0.2) is 0 Å². The van der Waals surface area contributed by atoms with Crippen molar-refractivity contribution < 1.29 is 10.2 Å². The molecule has 0 amide bonds. The van der Waals surface area contributed by atoms with Gasteiger partial charge in [-0.1, -0.05) is 6.07 Å². The summed E-state index contributed by atoms with van der Waals surface area (Å²) in [6.07, 6.45) is 0. The normalized spacial score (nSPS) is 10.6. The number of nitrogens with two attached hydrogens (primary N) is 1. The smallest absolute Gasteiger partial charge is 0.0723 e. The molecule has 14 heavy (non-hydrogen) atoms. The number of aryl methyl sites for hydroxylation is 1. The van der Waals surface area contributed by atoms with Gasteiger partial charge in [0.2, 0.25) is 0 Å². The molecule has 4 nitrogen and oxygen atoms in total. The largest absolute Gasteiger partial charge is 0.397 e. The Morgan fingerprint density at radius 3 is 2.57 bits per heavy atom. The maximum Gasteiger partial charge on any atom is 0.0723 e. The van der Waals surface area contributed by atoms with Gasteiger partial charge in [0.1, 0.15) is 0 Å². The molecule has 1 aromatic rings. The van der Waals surface area contributed by atoms with Gasteiger partial charge < -0.3 is 21.3 Å². The maximum atomic E-state index is 8.88. The predicted molar refractivity (Wildman–Crippen MR) is 57.2 cm³/mol. The Morgan fingerprint density at radius 2 is 2.00 bits per heavy atom. The maximum absolute atomic E-state index is 8.88. The zero-order valence-electron chi connectivity index (χ0n) is 8.20. The first-order valence-electron chi connectivity index (χ1n) is 4.51. The molecule has 0 heterocycles. The van der Waals surface area contributed by atoms with E-state index in [4.69, 9.17) is 15.9 Å². The fraction of sp³-hybridized carbons (Fsp3) is 0.400. The Balaban J connectivity index is 2.79. The fourth-order valence-corrected chi connectivity index (χ4v) is 1.16. The second-order valence-corrected chi connectivity index (χ2v) is 3.30. The van der Waals surface area contributed by atoms with E-state index in [0.29, 0.717) is 5.69 Å². The first kappa shape index (κ1) is 10.8. The minimum absolute atomic E-state index is 0.121. The van der Waals surface area contributed by atoms with Crippen LogP contribution in [0.3, 0.4) is 0 Å². The first-order chi connectivity index (χ1) is 6.67. The van der Waals surface area contributed by atoms with Gasteiger partial charge in [0.25, 0.3) is 0 Å². The Hall–Kier alpha value is -1.26. The van der Waals surface area contributed by atoms with E-state index in [9.17, 15) is 0 Å². The van der Waals surface area contributed by atoms with E-state index in [-0.39, 0.29) is 19.3 Å². The number of nitrogens with one attached hydrogen (secondary N) is 1. The molecule has 78 valence electrons. The number of anilines is 2. The van der Waals surface area contributed by atoms with Crippen LogP contribution in [-0.4, -0.2) is 29.5 Å². The molecule has 4 heteroatoms. The molecule has 0 saturated carbocycles. The summed E-state index contributed by atoms with van der Waals surface area (Å²) in [6, 6.07) is 5.23. The van der Waals surface area contributed by atoms with Gasteiger partial charge in [-0.3, -0.25) is 0 Å². The lowest BCUT2D eigenvalue weighted by Gasteiger charge is -2.16. The van der Waals surface area contributed by atoms with Crippen LogP contribution in [0.25, 0.3) is 0 Å². The Bertz CT molecular complexity index is 298. The van der Waals surface area contributed by atoms with Crippen molar-refractivity contribution in [3.8, 4) is 0 Å². The summed E-state index contributed by atoms with van der Waals surface area (Å²) < 4.78 is 0. The van der Waals surface area contributed by atoms with E-state index in [1.54, 1.807) is 6.07 Å². The van der Waals surface area contributed by atoms with Crippen LogP contribution in [0.2, 0.25) is 0 Å². The minimum atomic E-state index is -0.362. The molecule has 1 rings (SSSR count). The summed E-state index contributed by atoms with van der Waals surface area (Å²) in [5.41, 5.74) is 8.16. The van der Waals surface area contributed by atoms with Crippen LogP contribution in [0, 0.1) is 6.92 Å². The molecular weight excluding hydrogens is 180 g/mol. The van der Waals surface area contributed by atoms with Crippen LogP contribution in [0.4, 0.5) is 11.4 Å². The summed E-state index contributed by atoms with van der Waals surface area (Å²) >= 11 is 0. The topological polar surface area (TPSA) is 78.5 Å². The molecule has 0 aromatic heterocycles. The number of rotatable bonds is 4. The zero-order valence-corrected chi connectivity index (χ0v) is 8.20. The molecule has 0 saturated heterocycles. The number of nitrogen functional groups attached to an aromatic ring is 1. The van der Waals surface area contributed by atoms with Crippen LogP contribution in [-0.2, 0) is 0 Å². The Labute approximate surface area is 83.4 Å². The molecule has 0 radical (unpaired) electrons. The predicted octanol–water partition coefficient (Wildman–Crippen LogP) is 0.342. The molecule has 0 aliphatic heterocycles. The standard InChI is InChI=1S/C10H16N2O2/c1-7-2-3-9(11)10(4-7)12-8(5-13)6-14/h2-4,8,12-14H,5-6,11H2,1H3. The number of aliphatic hydroxyl groups is 2. The third-order valence-corrected chi connectivity index (χ3v) is 2.01. The number of hydrogen-bond acceptors (Lipinski definition) is 4. The van der Waals surface area contributed by atoms with Crippen molar-refractivity contribution in [3.05, 3.63) is 23.8 Å². The summed E-state index contributed by atoms with van der Waals surface area (Å²) in [7, 11) is 0. The van der Waals surface area contributed by atoms with Crippen molar-refractivity contribution in [2.45, 2.75) is 13.0 Å². The van der Waals surface area contributed by atoms with Crippen LogP contribution in [0.15, 0.2) is 18.2 Å². The van der Waals surface area contributed by atoms with Crippen LogP contribution in [0.5, 0.6) is 0 Å². The SMILES string of the molecule is Cc1ccc(N)c(NC(CO)CO)c1. The highest BCUT2D eigenvalue weighted by atomic mass is 16.3. The molecule has 5 N–H and O–H groups in total. The lowest BCUT2D eigenvalue weighted by atomic mass is 10.2. The average molecular weight is 196 g/mol. The quantitative estimate of drug-likeness (QED) is 0.524. The van der Waals surface area contributed by atoms with Gasteiger partial charge >= 0.3 is 0 Å². The van der Waals surface area contributed by atoms with Crippen molar-refractivity contribution >= 4 is 11.4 Å². The number of aliphatic hydroxyl groups excluding tert-OH is 2. The van der Waals surface area contributed by atoms with E-state index < -0.39 is 0 Å². The second-order valence-electron chi connectivity index (χ2n) is 3.30. The van der Waals surface area contributed by atoms with Crippen molar-refractivity contribution in [1.82, 2.24) is 0 Å². The van der Waals surface area contributed by atoms with Crippen LogP contribution in [0.1, 0.15) is 5.56 Å². The van der Waals surface area contributed by atoms with Gasteiger partial charge in [-0.15, -0.1) is 0 Å². The third kappa shape index (κ3) is 2.61. The Kier molecular flexibility index (Phi) is 3.73. The Morgan fingerprint density at radius 1 is 1.36 bits per heavy atom. The summed E-state index contributed by atoms with van der Waals surface area (Å²) in [4.78, 5) is 0. The van der Waals surface area contributed by atoms with Crippen molar-refractivity contribution in [2.24, 2.45) is 0 Å². The fourth-order valence-electron chi connectivity index (χ4n) is 1.16. The van der Waals surface area contributed by atoms with Crippen molar-refractivity contribution in [2.75, 3.05) is 24.3 Å². The van der Waals surface area contributed by atoms with Gasteiger partial charge in [0, 0.05) is 0 Å². The van der Waals surface area contributed by atoms with Gasteiger partial charge in [0.05, 0.1) is 30.6 Å². The van der Waals surface area contributed by atoms with E-state index in [1.807, 2.05) is 19.1 Å². The highest BCUT2D eigenvalue weighted by Gasteiger charge is 2.07. The number of hydrogen-bond donors (Lipinski definition) is 4. The highest BCUT2D eigenvalue weighted by Crippen LogP contribution is 2.20. The van der Waals surface area contributed by atoms with E-state index in [1.165, 1.54) is 0 Å². The van der Waals surface area contributed by atoms with Crippen LogP contribution >= 0.6 is 0 Å². The molecular formula is C10H16N2O2. The van der Waals surface area contributed by atoms with Gasteiger partial charge in [-0.25, -0.2) is 0 Å². The van der Waals surface area contributed by atoms with Crippen LogP contribution < -0.4 is 11.1 Å². The highest BCUT2D eigenvalue weighted by molar-refractivity contribution is 5.67. The molecule has 1 aromatic carbocycles. The third-order valence-electron chi connectivity index (χ3n) is 2.01. The lowest BCUT2D eigenvalue weighted by Crippen LogP contribution is -2.28. The summed E-state index contributed by atoms with van der Waals surface area (Å²) in [5.74, 6) is 0. The zero-order chi connectivity index (χ0) is 10.6. The molecule has 0 aliphatic rings. The lowest BCUT2D eigenvalue weighted by molar-refractivity contribution is 0.204. The van der Waals surface area contributed by atoms with E-state index >= 15 is 0 Å².